The summed E-state index contributed by atoms with van der Waals surface area (Å²) in [5.74, 6) is -0.252. The number of rotatable bonds is 4. The largest absolute Gasteiger partial charge is 0.341 e. The van der Waals surface area contributed by atoms with Gasteiger partial charge in [0.2, 0.25) is 5.91 Å². The first kappa shape index (κ1) is 16.7. The molecule has 0 radical (unpaired) electrons. The van der Waals surface area contributed by atoms with Crippen molar-refractivity contribution < 1.29 is 13.2 Å². The van der Waals surface area contributed by atoms with Crippen molar-refractivity contribution in [2.45, 2.75) is 18.4 Å². The Bertz CT molecular complexity index is 764. The summed E-state index contributed by atoms with van der Waals surface area (Å²) in [5, 5.41) is 0. The van der Waals surface area contributed by atoms with E-state index in [-0.39, 0.29) is 23.5 Å². The number of nitrogens with zero attached hydrogens (tertiary/aromatic N) is 1. The first-order chi connectivity index (χ1) is 11.5. The molecule has 1 heterocycles. The van der Waals surface area contributed by atoms with E-state index in [0.717, 1.165) is 11.1 Å². The molecule has 0 spiro atoms. The summed E-state index contributed by atoms with van der Waals surface area (Å²) in [4.78, 5) is 14.8. The molecule has 1 fully saturated rings. The van der Waals surface area contributed by atoms with E-state index in [0.29, 0.717) is 6.42 Å². The van der Waals surface area contributed by atoms with Crippen molar-refractivity contribution in [2.75, 3.05) is 18.6 Å². The lowest BCUT2D eigenvalue weighted by atomic mass is 9.89. The third-order valence-corrected chi connectivity index (χ3v) is 6.37. The van der Waals surface area contributed by atoms with Crippen LogP contribution < -0.4 is 0 Å². The van der Waals surface area contributed by atoms with Gasteiger partial charge in [0.25, 0.3) is 0 Å². The highest BCUT2D eigenvalue weighted by molar-refractivity contribution is 7.91. The van der Waals surface area contributed by atoms with E-state index in [2.05, 4.69) is 0 Å². The Hall–Kier alpha value is -2.14. The van der Waals surface area contributed by atoms with E-state index in [1.807, 2.05) is 60.7 Å². The van der Waals surface area contributed by atoms with Crippen molar-refractivity contribution in [2.24, 2.45) is 0 Å². The minimum absolute atomic E-state index is 0.0606. The Morgan fingerprint density at radius 2 is 1.50 bits per heavy atom. The zero-order valence-corrected chi connectivity index (χ0v) is 14.4. The van der Waals surface area contributed by atoms with Gasteiger partial charge in [-0.15, -0.1) is 0 Å². The fourth-order valence-electron chi connectivity index (χ4n) is 3.23. The molecule has 0 unspecified atom stereocenters. The highest BCUT2D eigenvalue weighted by atomic mass is 32.2. The number of sulfone groups is 1. The maximum atomic E-state index is 13.2. The molecule has 1 saturated heterocycles. The van der Waals surface area contributed by atoms with Gasteiger partial charge in [-0.2, -0.15) is 0 Å². The van der Waals surface area contributed by atoms with Gasteiger partial charge < -0.3 is 4.90 Å². The van der Waals surface area contributed by atoms with Crippen LogP contribution >= 0.6 is 0 Å². The fourth-order valence-corrected chi connectivity index (χ4v) is 5.01. The molecular formula is C19H21NO3S. The minimum Gasteiger partial charge on any atom is -0.341 e. The summed E-state index contributed by atoms with van der Waals surface area (Å²) in [6.45, 7) is 0. The number of carbonyl (C=O) groups is 1. The molecule has 1 atom stereocenters. The maximum Gasteiger partial charge on any atom is 0.234 e. The van der Waals surface area contributed by atoms with Crippen LogP contribution in [0.1, 0.15) is 23.5 Å². The van der Waals surface area contributed by atoms with E-state index >= 15 is 0 Å². The molecule has 1 amide bonds. The summed E-state index contributed by atoms with van der Waals surface area (Å²) in [5.41, 5.74) is 1.84. The van der Waals surface area contributed by atoms with E-state index in [4.69, 9.17) is 0 Å². The Morgan fingerprint density at radius 3 is 1.92 bits per heavy atom. The van der Waals surface area contributed by atoms with Crippen molar-refractivity contribution in [3.8, 4) is 0 Å². The van der Waals surface area contributed by atoms with E-state index in [9.17, 15) is 13.2 Å². The van der Waals surface area contributed by atoms with Crippen LogP contribution in [0.25, 0.3) is 0 Å². The standard InChI is InChI=1S/C19H21NO3S/c1-20(17-12-13-24(22,23)14-17)19(21)18(15-8-4-2-5-9-15)16-10-6-3-7-11-16/h2-11,17-18H,12-14H2,1H3/t17-/m0/s1. The molecule has 0 aliphatic carbocycles. The second kappa shape index (κ2) is 6.77. The SMILES string of the molecule is CN(C(=O)C(c1ccccc1)c1ccccc1)[C@H]1CCS(=O)(=O)C1. The van der Waals surface area contributed by atoms with Crippen LogP contribution in [-0.4, -0.2) is 43.8 Å². The van der Waals surface area contributed by atoms with Gasteiger partial charge in [-0.3, -0.25) is 4.79 Å². The van der Waals surface area contributed by atoms with Crippen molar-refractivity contribution in [3.05, 3.63) is 71.8 Å². The van der Waals surface area contributed by atoms with Crippen LogP contribution in [0.5, 0.6) is 0 Å². The first-order valence-corrected chi connectivity index (χ1v) is 9.87. The summed E-state index contributed by atoms with van der Waals surface area (Å²) >= 11 is 0. The van der Waals surface area contributed by atoms with Crippen molar-refractivity contribution in [1.29, 1.82) is 0 Å². The van der Waals surface area contributed by atoms with Crippen molar-refractivity contribution in [3.63, 3.8) is 0 Å². The summed E-state index contributed by atoms with van der Waals surface area (Å²) in [7, 11) is -1.31. The molecule has 1 aliphatic heterocycles. The molecule has 24 heavy (non-hydrogen) atoms. The normalized spacial score (nSPS) is 19.3. The Balaban J connectivity index is 1.92. The molecular weight excluding hydrogens is 322 g/mol. The van der Waals surface area contributed by atoms with Gasteiger partial charge in [-0.1, -0.05) is 60.7 Å². The Labute approximate surface area is 143 Å². The zero-order chi connectivity index (χ0) is 17.2. The lowest BCUT2D eigenvalue weighted by molar-refractivity contribution is -0.132. The molecule has 0 aromatic heterocycles. The van der Waals surface area contributed by atoms with Crippen molar-refractivity contribution in [1.82, 2.24) is 4.90 Å². The number of likely N-dealkylation sites (N-methyl/N-ethyl adjacent to an activating group) is 1. The Morgan fingerprint density at radius 1 is 1.00 bits per heavy atom. The molecule has 1 aliphatic rings. The highest BCUT2D eigenvalue weighted by Crippen LogP contribution is 2.28. The summed E-state index contributed by atoms with van der Waals surface area (Å²) in [6.07, 6.45) is 0.515. The molecule has 3 rings (SSSR count). The third-order valence-electron chi connectivity index (χ3n) is 4.62. The maximum absolute atomic E-state index is 13.2. The molecule has 0 saturated carbocycles. The Kier molecular flexibility index (Phi) is 4.71. The third kappa shape index (κ3) is 3.51. The monoisotopic (exact) mass is 343 g/mol. The van der Waals surface area contributed by atoms with E-state index in [1.165, 1.54) is 0 Å². The smallest absolute Gasteiger partial charge is 0.234 e. The van der Waals surface area contributed by atoms with Crippen LogP contribution in [0, 0.1) is 0 Å². The van der Waals surface area contributed by atoms with Gasteiger partial charge in [0.05, 0.1) is 17.4 Å². The molecule has 0 N–H and O–H groups in total. The lowest BCUT2D eigenvalue weighted by Gasteiger charge is -2.28. The second-order valence-electron chi connectivity index (χ2n) is 6.26. The van der Waals surface area contributed by atoms with E-state index < -0.39 is 15.8 Å². The van der Waals surface area contributed by atoms with Crippen LogP contribution in [0.15, 0.2) is 60.7 Å². The highest BCUT2D eigenvalue weighted by Gasteiger charge is 2.35. The second-order valence-corrected chi connectivity index (χ2v) is 8.49. The predicted octanol–water partition coefficient (Wildman–Crippen LogP) is 2.46. The van der Waals surface area contributed by atoms with Crippen LogP contribution in [0.4, 0.5) is 0 Å². The van der Waals surface area contributed by atoms with Crippen LogP contribution in [0.2, 0.25) is 0 Å². The average Bonchev–Trinajstić information content (AvgIpc) is 2.96. The average molecular weight is 343 g/mol. The lowest BCUT2D eigenvalue weighted by Crippen LogP contribution is -2.41. The van der Waals surface area contributed by atoms with Crippen LogP contribution in [0.3, 0.4) is 0 Å². The summed E-state index contributed by atoms with van der Waals surface area (Å²) in [6, 6.07) is 19.0. The minimum atomic E-state index is -3.02. The molecule has 126 valence electrons. The zero-order valence-electron chi connectivity index (χ0n) is 13.6. The molecule has 2 aromatic rings. The molecule has 4 nitrogen and oxygen atoms in total. The molecule has 0 bridgehead atoms. The van der Waals surface area contributed by atoms with Gasteiger partial charge in [0.15, 0.2) is 9.84 Å². The quantitative estimate of drug-likeness (QED) is 0.857. The number of hydrogen-bond donors (Lipinski definition) is 0. The first-order valence-electron chi connectivity index (χ1n) is 8.05. The number of hydrogen-bond acceptors (Lipinski definition) is 3. The van der Waals surface area contributed by atoms with Gasteiger partial charge in [0, 0.05) is 13.1 Å². The van der Waals surface area contributed by atoms with Gasteiger partial charge in [0.1, 0.15) is 0 Å². The van der Waals surface area contributed by atoms with E-state index in [1.54, 1.807) is 11.9 Å². The van der Waals surface area contributed by atoms with Gasteiger partial charge in [-0.05, 0) is 17.5 Å². The van der Waals surface area contributed by atoms with Crippen LogP contribution in [-0.2, 0) is 14.6 Å². The number of carbonyl (C=O) groups excluding carboxylic acids is 1. The molecule has 2 aromatic carbocycles. The van der Waals surface area contributed by atoms with Crippen molar-refractivity contribution >= 4 is 15.7 Å². The topological polar surface area (TPSA) is 54.5 Å². The van der Waals surface area contributed by atoms with Gasteiger partial charge in [-0.25, -0.2) is 8.42 Å². The fraction of sp³-hybridized carbons (Fsp3) is 0.316. The van der Waals surface area contributed by atoms with Gasteiger partial charge >= 0.3 is 0 Å². The number of benzene rings is 2. The number of amides is 1. The predicted molar refractivity (Wildman–Crippen MR) is 94.6 cm³/mol. The molecule has 5 heteroatoms. The summed E-state index contributed by atoms with van der Waals surface area (Å²) < 4.78 is 23.5.